The number of carbonyl (C=O) groups is 2. The molecule has 2 heterocycles. The average Bonchev–Trinajstić information content (AvgIpc) is 2.81. The van der Waals surface area contributed by atoms with Crippen LogP contribution < -0.4 is 21.1 Å². The average molecular weight is 534 g/mol. The molecule has 2 fully saturated rings. The fourth-order valence-electron chi connectivity index (χ4n) is 4.01. The maximum atomic E-state index is 13.7. The van der Waals surface area contributed by atoms with Crippen LogP contribution in [0, 0.1) is 12.3 Å². The van der Waals surface area contributed by atoms with Gasteiger partial charge in [0.2, 0.25) is 11.8 Å². The lowest BCUT2D eigenvalue weighted by Gasteiger charge is -2.34. The predicted molar refractivity (Wildman–Crippen MR) is 130 cm³/mol. The summed E-state index contributed by atoms with van der Waals surface area (Å²) in [4.78, 5) is 24.3. The first-order valence-electron chi connectivity index (χ1n) is 11.4. The summed E-state index contributed by atoms with van der Waals surface area (Å²) < 4.78 is 34.2. The minimum atomic E-state index is -4.29. The smallest absolute Gasteiger partial charge is 0.266 e. The Balaban J connectivity index is 1.88. The monoisotopic (exact) mass is 533 g/mol. The van der Waals surface area contributed by atoms with E-state index in [0.717, 1.165) is 30.2 Å². The van der Waals surface area contributed by atoms with E-state index in [9.17, 15) is 18.0 Å². The summed E-state index contributed by atoms with van der Waals surface area (Å²) in [5.74, 6) is -1.64. The summed E-state index contributed by atoms with van der Waals surface area (Å²) in [6.07, 6.45) is 3.65. The molecule has 0 spiro atoms. The van der Waals surface area contributed by atoms with Crippen molar-refractivity contribution in [1.29, 1.82) is 0 Å². The molecule has 189 valence electrons. The van der Waals surface area contributed by atoms with Crippen LogP contribution in [-0.4, -0.2) is 62.9 Å². The largest absolute Gasteiger partial charge is 0.487 e. The first-order valence-corrected chi connectivity index (χ1v) is 13.6. The highest BCUT2D eigenvalue weighted by molar-refractivity contribution is 7.89. The first-order chi connectivity index (χ1) is 16.1. The number of amides is 2. The van der Waals surface area contributed by atoms with Gasteiger partial charge in [0.1, 0.15) is 6.10 Å². The second kappa shape index (κ2) is 11.9. The van der Waals surface area contributed by atoms with Gasteiger partial charge in [-0.3, -0.25) is 9.59 Å². The van der Waals surface area contributed by atoms with Gasteiger partial charge in [-0.25, -0.2) is 12.7 Å². The molecule has 12 heteroatoms. The molecule has 2 saturated heterocycles. The molecule has 34 heavy (non-hydrogen) atoms. The van der Waals surface area contributed by atoms with Crippen LogP contribution in [0.25, 0.3) is 0 Å². The molecule has 0 saturated carbocycles. The maximum Gasteiger partial charge on any atom is 0.266 e. The molecule has 0 unspecified atom stereocenters. The van der Waals surface area contributed by atoms with Crippen LogP contribution >= 0.6 is 23.2 Å². The number of carbonyl (C=O) groups excluding carboxylic acids is 2. The first kappa shape index (κ1) is 27.0. The maximum absolute atomic E-state index is 13.7. The van der Waals surface area contributed by atoms with Crippen LogP contribution in [0.2, 0.25) is 10.0 Å². The number of benzene rings is 1. The lowest BCUT2D eigenvalue weighted by atomic mass is 10.0. The van der Waals surface area contributed by atoms with Gasteiger partial charge in [-0.15, -0.1) is 0 Å². The molecule has 9 nitrogen and oxygen atoms in total. The van der Waals surface area contributed by atoms with E-state index >= 15 is 0 Å². The second-order valence-electron chi connectivity index (χ2n) is 8.65. The second-order valence-corrected chi connectivity index (χ2v) is 11.3. The van der Waals surface area contributed by atoms with Crippen molar-refractivity contribution in [3.05, 3.63) is 28.6 Å². The quantitative estimate of drug-likeness (QED) is 0.442. The van der Waals surface area contributed by atoms with Crippen LogP contribution in [0.1, 0.15) is 39.0 Å². The number of rotatable bonds is 9. The van der Waals surface area contributed by atoms with Crippen LogP contribution in [0.5, 0.6) is 5.75 Å². The summed E-state index contributed by atoms with van der Waals surface area (Å²) in [5, 5.41) is 6.53. The van der Waals surface area contributed by atoms with Crippen LogP contribution in [-0.2, 0) is 19.6 Å². The topological polar surface area (TPSA) is 131 Å². The number of piperidine rings is 2. The molecule has 1 atom stereocenters. The number of hydrogen-bond donors (Lipinski definition) is 3. The number of nitrogens with two attached hydrogens (primary N) is 1. The van der Waals surface area contributed by atoms with E-state index in [1.807, 2.05) is 0 Å². The molecular weight excluding hydrogens is 503 g/mol. The van der Waals surface area contributed by atoms with E-state index in [-0.39, 0.29) is 33.2 Å². The zero-order valence-corrected chi connectivity index (χ0v) is 21.4. The van der Waals surface area contributed by atoms with Crippen LogP contribution in [0.4, 0.5) is 0 Å². The highest BCUT2D eigenvalue weighted by Gasteiger charge is 2.37. The zero-order chi connectivity index (χ0) is 24.9. The number of sulfonamides is 1. The highest BCUT2D eigenvalue weighted by Crippen LogP contribution is 2.38. The molecule has 1 radical (unpaired) electrons. The number of ether oxygens (including phenoxy) is 1. The fourth-order valence-corrected chi connectivity index (χ4v) is 6.39. The number of nitrogens with one attached hydrogen (secondary N) is 2. The number of halogens is 2. The van der Waals surface area contributed by atoms with Gasteiger partial charge >= 0.3 is 0 Å². The third-order valence-corrected chi connectivity index (χ3v) is 8.48. The Morgan fingerprint density at radius 2 is 1.65 bits per heavy atom. The van der Waals surface area contributed by atoms with Crippen LogP contribution in [0.3, 0.4) is 0 Å². The number of nitrogens with zero attached hydrogens (tertiary/aromatic N) is 1. The molecule has 0 aliphatic carbocycles. The number of hydrogen-bond acceptors (Lipinski definition) is 7. The fraction of sp³-hybridized carbons (Fsp3) is 0.591. The van der Waals surface area contributed by atoms with E-state index < -0.39 is 33.8 Å². The third kappa shape index (κ3) is 6.54. The van der Waals surface area contributed by atoms with E-state index in [2.05, 4.69) is 10.6 Å². The molecule has 2 aliphatic rings. The Kier molecular flexibility index (Phi) is 9.45. The molecule has 0 aromatic heterocycles. The minimum absolute atomic E-state index is 0.0374. The molecule has 4 N–H and O–H groups in total. The molecule has 2 amide bonds. The lowest BCUT2D eigenvalue weighted by Crippen LogP contribution is -2.49. The van der Waals surface area contributed by atoms with Gasteiger partial charge < -0.3 is 21.1 Å². The van der Waals surface area contributed by atoms with Gasteiger partial charge in [-0.1, -0.05) is 30.1 Å². The molecule has 1 aromatic rings. The summed E-state index contributed by atoms with van der Waals surface area (Å²) in [6.45, 7) is 4.35. The van der Waals surface area contributed by atoms with E-state index in [0.29, 0.717) is 25.9 Å². The Labute approximate surface area is 210 Å². The van der Waals surface area contributed by atoms with Gasteiger partial charge in [-0.2, -0.15) is 0 Å². The third-order valence-electron chi connectivity index (χ3n) is 6.09. The van der Waals surface area contributed by atoms with Crippen molar-refractivity contribution in [3.63, 3.8) is 0 Å². The summed E-state index contributed by atoms with van der Waals surface area (Å²) in [6, 6.07) is 2.00. The van der Waals surface area contributed by atoms with Crippen molar-refractivity contribution in [3.8, 4) is 5.75 Å². The Morgan fingerprint density at radius 1 is 1.12 bits per heavy atom. The van der Waals surface area contributed by atoms with E-state index in [1.54, 1.807) is 6.92 Å². The molecular formula is C22H31Cl2N4O5S. The van der Waals surface area contributed by atoms with Crippen molar-refractivity contribution in [2.45, 2.75) is 56.1 Å². The van der Waals surface area contributed by atoms with Crippen molar-refractivity contribution in [1.82, 2.24) is 14.9 Å². The Bertz CT molecular complexity index is 972. The predicted octanol–water partition coefficient (Wildman–Crippen LogP) is 2.11. The lowest BCUT2D eigenvalue weighted by molar-refractivity contribution is -0.125. The van der Waals surface area contributed by atoms with E-state index in [1.165, 1.54) is 18.6 Å². The standard InChI is InChI=1S/C22H31Cl2N4O5S/c1-14(22(25)30)2-3-20(29)28(15-4-8-26-9-5-15)34(31,32)17-12-18(23)21(19(24)13-17)33-16-6-10-27-11-7-16/h3,12-16,26-27H,2,4-11H2,1H3,(H2,25,30)/t14-/m0/s1. The minimum Gasteiger partial charge on any atom is -0.487 e. The van der Waals surface area contributed by atoms with E-state index in [4.69, 9.17) is 33.7 Å². The normalized spacial score (nSPS) is 18.9. The van der Waals surface area contributed by atoms with Gasteiger partial charge in [0.05, 0.1) is 27.4 Å². The summed E-state index contributed by atoms with van der Waals surface area (Å²) >= 11 is 12.8. The highest BCUT2D eigenvalue weighted by atomic mass is 35.5. The Hall–Kier alpha value is -1.59. The summed E-state index contributed by atoms with van der Waals surface area (Å²) in [5.41, 5.74) is 5.28. The molecule has 3 rings (SSSR count). The van der Waals surface area contributed by atoms with Gasteiger partial charge in [-0.05, 0) is 70.4 Å². The van der Waals surface area contributed by atoms with Crippen molar-refractivity contribution < 1.29 is 22.7 Å². The molecule has 2 aliphatic heterocycles. The van der Waals surface area contributed by atoms with Crippen molar-refractivity contribution in [2.75, 3.05) is 26.2 Å². The number of primary amides is 1. The molecule has 1 aromatic carbocycles. The zero-order valence-electron chi connectivity index (χ0n) is 19.1. The Morgan fingerprint density at radius 3 is 2.18 bits per heavy atom. The SMILES string of the molecule is C[C@@H](C[CH]C(=O)N(C1CCNCC1)S(=O)(=O)c1cc(Cl)c(OC2CCNCC2)c(Cl)c1)C(N)=O. The van der Waals surface area contributed by atoms with Gasteiger partial charge in [0.15, 0.2) is 5.75 Å². The van der Waals surface area contributed by atoms with Gasteiger partial charge in [0, 0.05) is 5.92 Å². The van der Waals surface area contributed by atoms with Crippen LogP contribution in [0.15, 0.2) is 17.0 Å². The molecule has 0 bridgehead atoms. The van der Waals surface area contributed by atoms with Gasteiger partial charge in [0.25, 0.3) is 10.0 Å². The van der Waals surface area contributed by atoms with Crippen molar-refractivity contribution >= 4 is 45.0 Å². The van der Waals surface area contributed by atoms with Crippen molar-refractivity contribution in [2.24, 2.45) is 11.7 Å². The summed E-state index contributed by atoms with van der Waals surface area (Å²) in [7, 11) is -4.29.